The third-order valence-electron chi connectivity index (χ3n) is 5.33. The zero-order chi connectivity index (χ0) is 18.9. The first-order chi connectivity index (χ1) is 13.1. The molecule has 1 spiro atoms. The number of rotatable bonds is 5. The minimum atomic E-state index is -0.432. The van der Waals surface area contributed by atoms with Crippen LogP contribution in [0.15, 0.2) is 18.2 Å². The molecular formula is C20H27N3O4. The predicted molar refractivity (Wildman–Crippen MR) is 101 cm³/mol. The molecule has 0 unspecified atom stereocenters. The van der Waals surface area contributed by atoms with Crippen LogP contribution in [-0.4, -0.2) is 59.1 Å². The Bertz CT molecular complexity index is 826. The Balaban J connectivity index is 1.58. The molecule has 0 radical (unpaired) electrons. The van der Waals surface area contributed by atoms with Gasteiger partial charge >= 0.3 is 5.97 Å². The molecule has 1 aromatic heterocycles. The van der Waals surface area contributed by atoms with E-state index in [0.29, 0.717) is 25.4 Å². The zero-order valence-corrected chi connectivity index (χ0v) is 16.1. The number of aromatic nitrogens is 2. The summed E-state index contributed by atoms with van der Waals surface area (Å²) in [4.78, 5) is 19.2. The van der Waals surface area contributed by atoms with Crippen molar-refractivity contribution in [2.45, 2.75) is 45.6 Å². The fraction of sp³-hybridized carbons (Fsp3) is 0.600. The number of fused-ring (bicyclic) bond motifs is 1. The van der Waals surface area contributed by atoms with Crippen LogP contribution in [0.4, 0.5) is 0 Å². The molecule has 7 nitrogen and oxygen atoms in total. The van der Waals surface area contributed by atoms with Gasteiger partial charge in [-0.25, -0.2) is 9.78 Å². The lowest BCUT2D eigenvalue weighted by Crippen LogP contribution is -2.48. The highest BCUT2D eigenvalue weighted by molar-refractivity contribution is 5.93. The summed E-state index contributed by atoms with van der Waals surface area (Å²) in [6.07, 6.45) is 2.01. The van der Waals surface area contributed by atoms with Crippen LogP contribution in [0.1, 0.15) is 42.9 Å². The summed E-state index contributed by atoms with van der Waals surface area (Å²) < 4.78 is 19.1. The summed E-state index contributed by atoms with van der Waals surface area (Å²) in [5.74, 6) is 0.266. The first-order valence-corrected chi connectivity index (χ1v) is 9.80. The second kappa shape index (κ2) is 7.58. The Morgan fingerprint density at radius 1 is 1.30 bits per heavy atom. The van der Waals surface area contributed by atoms with Gasteiger partial charge in [0, 0.05) is 13.0 Å². The molecule has 7 heteroatoms. The molecule has 2 aliphatic heterocycles. The van der Waals surface area contributed by atoms with Crippen molar-refractivity contribution < 1.29 is 19.0 Å². The zero-order valence-electron chi connectivity index (χ0n) is 16.1. The fourth-order valence-electron chi connectivity index (χ4n) is 4.13. The molecule has 0 bridgehead atoms. The number of imidazole rings is 1. The SMILES string of the molecule is CCOC(=O)c1ccc2c(c1)nc(CN1CCCC3(C1)OCCO3)n2CC. The van der Waals surface area contributed by atoms with E-state index in [9.17, 15) is 4.79 Å². The van der Waals surface area contributed by atoms with Crippen molar-refractivity contribution in [2.24, 2.45) is 0 Å². The smallest absolute Gasteiger partial charge is 0.338 e. The summed E-state index contributed by atoms with van der Waals surface area (Å²) >= 11 is 0. The minimum Gasteiger partial charge on any atom is -0.462 e. The number of carbonyl (C=O) groups is 1. The Morgan fingerprint density at radius 3 is 2.85 bits per heavy atom. The van der Waals surface area contributed by atoms with Crippen LogP contribution in [0.25, 0.3) is 11.0 Å². The molecule has 1 aromatic carbocycles. The van der Waals surface area contributed by atoms with Gasteiger partial charge in [-0.15, -0.1) is 0 Å². The predicted octanol–water partition coefficient (Wildman–Crippen LogP) is 2.57. The van der Waals surface area contributed by atoms with E-state index in [1.807, 2.05) is 25.1 Å². The Hall–Kier alpha value is -1.96. The van der Waals surface area contributed by atoms with Crippen LogP contribution >= 0.6 is 0 Å². The molecule has 4 rings (SSSR count). The van der Waals surface area contributed by atoms with Gasteiger partial charge in [-0.1, -0.05) is 0 Å². The molecule has 2 saturated heterocycles. The number of hydrogen-bond acceptors (Lipinski definition) is 6. The number of benzene rings is 1. The van der Waals surface area contributed by atoms with Crippen molar-refractivity contribution in [1.29, 1.82) is 0 Å². The van der Waals surface area contributed by atoms with Crippen molar-refractivity contribution in [3.05, 3.63) is 29.6 Å². The molecule has 0 atom stereocenters. The van der Waals surface area contributed by atoms with Crippen LogP contribution in [-0.2, 0) is 27.3 Å². The Labute approximate surface area is 159 Å². The summed E-state index contributed by atoms with van der Waals surface area (Å²) in [6.45, 7) is 9.00. The first-order valence-electron chi connectivity index (χ1n) is 9.80. The van der Waals surface area contributed by atoms with Crippen LogP contribution in [0.3, 0.4) is 0 Å². The highest BCUT2D eigenvalue weighted by Crippen LogP contribution is 2.31. The van der Waals surface area contributed by atoms with Gasteiger partial charge < -0.3 is 18.8 Å². The number of carbonyl (C=O) groups excluding carboxylic acids is 1. The molecule has 27 heavy (non-hydrogen) atoms. The molecule has 0 amide bonds. The van der Waals surface area contributed by atoms with Gasteiger partial charge in [0.25, 0.3) is 0 Å². The quantitative estimate of drug-likeness (QED) is 0.751. The summed E-state index contributed by atoms with van der Waals surface area (Å²) in [7, 11) is 0. The third kappa shape index (κ3) is 3.59. The molecule has 3 heterocycles. The van der Waals surface area contributed by atoms with Crippen LogP contribution in [0, 0.1) is 0 Å². The number of likely N-dealkylation sites (tertiary alicyclic amines) is 1. The van der Waals surface area contributed by atoms with Gasteiger partial charge in [0.15, 0.2) is 5.79 Å². The normalized spacial score (nSPS) is 19.8. The lowest BCUT2D eigenvalue weighted by atomic mass is 10.0. The number of esters is 1. The molecular weight excluding hydrogens is 346 g/mol. The standard InChI is InChI=1S/C20H27N3O4/c1-3-23-17-7-6-15(19(24)25-4-2)12-16(17)21-18(23)13-22-9-5-8-20(14-22)26-10-11-27-20/h6-7,12H,3-5,8-11,13-14H2,1-2H3. The van der Waals surface area contributed by atoms with E-state index in [4.69, 9.17) is 19.2 Å². The largest absolute Gasteiger partial charge is 0.462 e. The van der Waals surface area contributed by atoms with E-state index in [2.05, 4.69) is 16.4 Å². The van der Waals surface area contributed by atoms with Crippen molar-refractivity contribution in [1.82, 2.24) is 14.5 Å². The van der Waals surface area contributed by atoms with Gasteiger partial charge in [-0.05, 0) is 45.0 Å². The van der Waals surface area contributed by atoms with E-state index in [1.54, 1.807) is 0 Å². The third-order valence-corrected chi connectivity index (χ3v) is 5.33. The number of nitrogens with zero attached hydrogens (tertiary/aromatic N) is 3. The summed E-state index contributed by atoms with van der Waals surface area (Å²) in [6, 6.07) is 5.60. The maximum Gasteiger partial charge on any atom is 0.338 e. The number of aryl methyl sites for hydroxylation is 1. The second-order valence-electron chi connectivity index (χ2n) is 7.12. The lowest BCUT2D eigenvalue weighted by molar-refractivity contribution is -0.190. The van der Waals surface area contributed by atoms with Crippen LogP contribution in [0.2, 0.25) is 0 Å². The number of piperidine rings is 1. The van der Waals surface area contributed by atoms with Gasteiger partial charge in [-0.2, -0.15) is 0 Å². The Morgan fingerprint density at radius 2 is 2.11 bits per heavy atom. The topological polar surface area (TPSA) is 65.8 Å². The average molecular weight is 373 g/mol. The molecule has 2 aromatic rings. The highest BCUT2D eigenvalue weighted by Gasteiger charge is 2.40. The molecule has 0 N–H and O–H groups in total. The lowest BCUT2D eigenvalue weighted by Gasteiger charge is -2.38. The summed E-state index contributed by atoms with van der Waals surface area (Å²) in [5, 5.41) is 0. The van der Waals surface area contributed by atoms with E-state index in [-0.39, 0.29) is 5.97 Å². The van der Waals surface area contributed by atoms with Crippen LogP contribution in [0.5, 0.6) is 0 Å². The van der Waals surface area contributed by atoms with E-state index in [0.717, 1.165) is 55.9 Å². The van der Waals surface area contributed by atoms with Gasteiger partial charge in [0.2, 0.25) is 0 Å². The fourth-order valence-corrected chi connectivity index (χ4v) is 4.13. The van der Waals surface area contributed by atoms with Crippen molar-refractivity contribution in [3.8, 4) is 0 Å². The van der Waals surface area contributed by atoms with E-state index < -0.39 is 5.79 Å². The number of hydrogen-bond donors (Lipinski definition) is 0. The Kier molecular flexibility index (Phi) is 5.16. The molecule has 2 aliphatic rings. The molecule has 2 fully saturated rings. The maximum absolute atomic E-state index is 12.0. The van der Waals surface area contributed by atoms with Gasteiger partial charge in [-0.3, -0.25) is 4.90 Å². The molecule has 146 valence electrons. The maximum atomic E-state index is 12.0. The van der Waals surface area contributed by atoms with Crippen molar-refractivity contribution in [2.75, 3.05) is 32.9 Å². The van der Waals surface area contributed by atoms with E-state index >= 15 is 0 Å². The first kappa shape index (κ1) is 18.4. The second-order valence-corrected chi connectivity index (χ2v) is 7.12. The highest BCUT2D eigenvalue weighted by atomic mass is 16.7. The average Bonchev–Trinajstić information content (AvgIpc) is 3.25. The van der Waals surface area contributed by atoms with Crippen molar-refractivity contribution in [3.63, 3.8) is 0 Å². The summed E-state index contributed by atoms with van der Waals surface area (Å²) in [5.41, 5.74) is 2.42. The molecule has 0 saturated carbocycles. The van der Waals surface area contributed by atoms with Gasteiger partial charge in [0.05, 0.1) is 49.5 Å². The van der Waals surface area contributed by atoms with Crippen molar-refractivity contribution >= 4 is 17.0 Å². The molecule has 0 aliphatic carbocycles. The monoisotopic (exact) mass is 373 g/mol. The van der Waals surface area contributed by atoms with E-state index in [1.165, 1.54) is 0 Å². The number of ether oxygens (including phenoxy) is 3. The van der Waals surface area contributed by atoms with Crippen LogP contribution < -0.4 is 0 Å². The van der Waals surface area contributed by atoms with Gasteiger partial charge in [0.1, 0.15) is 5.82 Å². The minimum absolute atomic E-state index is 0.305.